The molecule has 1 aromatic heterocycles. The highest BCUT2D eigenvalue weighted by Gasteiger charge is 2.24. The smallest absolute Gasteiger partial charge is 0.228 e. The predicted octanol–water partition coefficient (Wildman–Crippen LogP) is 1.75. The minimum Gasteiger partial charge on any atom is -0.381 e. The van der Waals surface area contributed by atoms with Gasteiger partial charge in [0.2, 0.25) is 5.89 Å². The lowest BCUT2D eigenvalue weighted by molar-refractivity contribution is 0.192. The van der Waals surface area contributed by atoms with Crippen LogP contribution < -0.4 is 5.32 Å². The first kappa shape index (κ1) is 13.5. The van der Waals surface area contributed by atoms with Gasteiger partial charge in [-0.15, -0.1) is 0 Å². The molecule has 0 aliphatic carbocycles. The van der Waals surface area contributed by atoms with Gasteiger partial charge < -0.3 is 14.6 Å². The molecule has 1 fully saturated rings. The van der Waals surface area contributed by atoms with E-state index in [9.17, 15) is 0 Å². The van der Waals surface area contributed by atoms with E-state index in [0.717, 1.165) is 44.3 Å². The molecule has 1 N–H and O–H groups in total. The van der Waals surface area contributed by atoms with Gasteiger partial charge in [0, 0.05) is 25.0 Å². The van der Waals surface area contributed by atoms with Crippen LogP contribution in [0.15, 0.2) is 4.52 Å². The number of hydrogen-bond donors (Lipinski definition) is 1. The van der Waals surface area contributed by atoms with Crippen LogP contribution in [-0.4, -0.2) is 35.9 Å². The van der Waals surface area contributed by atoms with Crippen LogP contribution in [0.2, 0.25) is 0 Å². The molecule has 1 aromatic rings. The summed E-state index contributed by atoms with van der Waals surface area (Å²) >= 11 is 0. The van der Waals surface area contributed by atoms with Gasteiger partial charge in [0.1, 0.15) is 0 Å². The lowest BCUT2D eigenvalue weighted by Gasteiger charge is -2.19. The molecule has 0 amide bonds. The van der Waals surface area contributed by atoms with Gasteiger partial charge in [-0.3, -0.25) is 0 Å². The lowest BCUT2D eigenvalue weighted by Crippen LogP contribution is -2.35. The van der Waals surface area contributed by atoms with Crippen molar-refractivity contribution in [3.8, 4) is 0 Å². The second-order valence-electron chi connectivity index (χ2n) is 5.22. The molecule has 1 aliphatic rings. The fraction of sp³-hybridized carbons (Fsp3) is 0.846. The molecule has 0 radical (unpaired) electrons. The van der Waals surface area contributed by atoms with Crippen molar-refractivity contribution in [3.05, 3.63) is 11.7 Å². The van der Waals surface area contributed by atoms with Crippen LogP contribution in [0.3, 0.4) is 0 Å². The Labute approximate surface area is 108 Å². The maximum Gasteiger partial charge on any atom is 0.228 e. The lowest BCUT2D eigenvalue weighted by atomic mass is 10.0. The first-order chi connectivity index (χ1) is 8.70. The number of rotatable bonds is 6. The van der Waals surface area contributed by atoms with Crippen LogP contribution in [0.25, 0.3) is 0 Å². The van der Waals surface area contributed by atoms with Crippen LogP contribution >= 0.6 is 0 Å². The Hall–Kier alpha value is -0.940. The molecule has 0 bridgehead atoms. The average Bonchev–Trinajstić information content (AvgIpc) is 2.98. The number of aromatic nitrogens is 2. The van der Waals surface area contributed by atoms with E-state index in [1.54, 1.807) is 0 Å². The fourth-order valence-electron chi connectivity index (χ4n) is 2.25. The minimum absolute atomic E-state index is 0.319. The zero-order valence-corrected chi connectivity index (χ0v) is 11.5. The number of hydrogen-bond acceptors (Lipinski definition) is 5. The number of nitrogens with one attached hydrogen (secondary N) is 1. The summed E-state index contributed by atoms with van der Waals surface area (Å²) in [7, 11) is 0. The Morgan fingerprint density at radius 3 is 2.89 bits per heavy atom. The van der Waals surface area contributed by atoms with E-state index in [2.05, 4.69) is 36.2 Å². The summed E-state index contributed by atoms with van der Waals surface area (Å²) < 4.78 is 10.7. The van der Waals surface area contributed by atoms with Crippen LogP contribution in [0.4, 0.5) is 0 Å². The zero-order chi connectivity index (χ0) is 13.0. The summed E-state index contributed by atoms with van der Waals surface area (Å²) in [6, 6.07) is 0.392. The highest BCUT2D eigenvalue weighted by Crippen LogP contribution is 2.22. The second-order valence-corrected chi connectivity index (χ2v) is 5.22. The number of likely N-dealkylation sites (N-methyl/N-ethyl adjacent to an activating group) is 1. The average molecular weight is 253 g/mol. The number of ether oxygens (including phenoxy) is 1. The Balaban J connectivity index is 1.96. The van der Waals surface area contributed by atoms with Crippen molar-refractivity contribution >= 4 is 0 Å². The molecule has 2 atom stereocenters. The van der Waals surface area contributed by atoms with E-state index >= 15 is 0 Å². The minimum atomic E-state index is 0.319. The SMILES string of the molecule is CCNC(Cc1nc(C2CCOC2)no1)C(C)C. The molecule has 5 heteroatoms. The van der Waals surface area contributed by atoms with Crippen molar-refractivity contribution in [2.24, 2.45) is 5.92 Å². The maximum atomic E-state index is 5.35. The van der Waals surface area contributed by atoms with E-state index in [1.165, 1.54) is 0 Å². The maximum absolute atomic E-state index is 5.35. The third kappa shape index (κ3) is 3.29. The van der Waals surface area contributed by atoms with E-state index in [0.29, 0.717) is 17.9 Å². The quantitative estimate of drug-likeness (QED) is 0.837. The standard InChI is InChI=1S/C13H23N3O2/c1-4-14-11(9(2)3)7-12-15-13(16-18-12)10-5-6-17-8-10/h9-11,14H,4-8H2,1-3H3. The van der Waals surface area contributed by atoms with Crippen LogP contribution in [-0.2, 0) is 11.2 Å². The van der Waals surface area contributed by atoms with Gasteiger partial charge >= 0.3 is 0 Å². The van der Waals surface area contributed by atoms with E-state index in [4.69, 9.17) is 9.26 Å². The Kier molecular flexibility index (Phi) is 4.72. The van der Waals surface area contributed by atoms with Crippen molar-refractivity contribution in [2.75, 3.05) is 19.8 Å². The topological polar surface area (TPSA) is 60.2 Å². The monoisotopic (exact) mass is 253 g/mol. The van der Waals surface area contributed by atoms with Gasteiger partial charge in [0.05, 0.1) is 6.61 Å². The fourth-order valence-corrected chi connectivity index (χ4v) is 2.25. The molecule has 1 saturated heterocycles. The molecule has 0 saturated carbocycles. The Morgan fingerprint density at radius 2 is 2.28 bits per heavy atom. The molecule has 0 spiro atoms. The summed E-state index contributed by atoms with van der Waals surface area (Å²) in [5.74, 6) is 2.41. The van der Waals surface area contributed by atoms with E-state index in [1.807, 2.05) is 0 Å². The number of nitrogens with zero attached hydrogens (tertiary/aromatic N) is 2. The molecule has 1 aliphatic heterocycles. The normalized spacial score (nSPS) is 21.7. The molecule has 102 valence electrons. The molecular weight excluding hydrogens is 230 g/mol. The molecule has 18 heavy (non-hydrogen) atoms. The third-order valence-corrected chi connectivity index (χ3v) is 3.44. The van der Waals surface area contributed by atoms with Crippen LogP contribution in [0.5, 0.6) is 0 Å². The molecule has 2 unspecified atom stereocenters. The molecule has 0 aromatic carbocycles. The molecule has 2 heterocycles. The van der Waals surface area contributed by atoms with E-state index < -0.39 is 0 Å². The second kappa shape index (κ2) is 6.29. The first-order valence-corrected chi connectivity index (χ1v) is 6.84. The summed E-state index contributed by atoms with van der Waals surface area (Å²) in [5.41, 5.74) is 0. The highest BCUT2D eigenvalue weighted by molar-refractivity contribution is 4.98. The predicted molar refractivity (Wildman–Crippen MR) is 68.5 cm³/mol. The van der Waals surface area contributed by atoms with Crippen LogP contribution in [0.1, 0.15) is 44.8 Å². The highest BCUT2D eigenvalue weighted by atomic mass is 16.5. The Bertz CT molecular complexity index is 359. The first-order valence-electron chi connectivity index (χ1n) is 6.84. The molecular formula is C13H23N3O2. The van der Waals surface area contributed by atoms with Crippen LogP contribution in [0, 0.1) is 5.92 Å². The van der Waals surface area contributed by atoms with Gasteiger partial charge in [0.25, 0.3) is 0 Å². The molecule has 5 nitrogen and oxygen atoms in total. The zero-order valence-electron chi connectivity index (χ0n) is 11.5. The van der Waals surface area contributed by atoms with Gasteiger partial charge in [-0.25, -0.2) is 0 Å². The largest absolute Gasteiger partial charge is 0.381 e. The third-order valence-electron chi connectivity index (χ3n) is 3.44. The van der Waals surface area contributed by atoms with Crippen molar-refractivity contribution in [1.29, 1.82) is 0 Å². The Morgan fingerprint density at radius 1 is 1.44 bits per heavy atom. The van der Waals surface area contributed by atoms with Crippen molar-refractivity contribution < 1.29 is 9.26 Å². The van der Waals surface area contributed by atoms with E-state index in [-0.39, 0.29) is 0 Å². The summed E-state index contributed by atoms with van der Waals surface area (Å²) in [4.78, 5) is 4.50. The van der Waals surface area contributed by atoms with Gasteiger partial charge in [-0.1, -0.05) is 25.9 Å². The van der Waals surface area contributed by atoms with Gasteiger partial charge in [-0.05, 0) is 18.9 Å². The van der Waals surface area contributed by atoms with Gasteiger partial charge in [-0.2, -0.15) is 4.98 Å². The summed E-state index contributed by atoms with van der Waals surface area (Å²) in [6.45, 7) is 9.01. The molecule has 2 rings (SSSR count). The summed E-state index contributed by atoms with van der Waals surface area (Å²) in [6.07, 6.45) is 1.80. The summed E-state index contributed by atoms with van der Waals surface area (Å²) in [5, 5.41) is 7.53. The van der Waals surface area contributed by atoms with Gasteiger partial charge in [0.15, 0.2) is 5.82 Å². The van der Waals surface area contributed by atoms with Crippen molar-refractivity contribution in [1.82, 2.24) is 15.5 Å². The van der Waals surface area contributed by atoms with Crippen molar-refractivity contribution in [3.63, 3.8) is 0 Å². The van der Waals surface area contributed by atoms with Crippen molar-refractivity contribution in [2.45, 2.75) is 45.6 Å².